The molecule has 17 heavy (non-hydrogen) atoms. The predicted molar refractivity (Wildman–Crippen MR) is 67.5 cm³/mol. The number of hydrogen-bond donors (Lipinski definition) is 1. The van der Waals surface area contributed by atoms with Crippen LogP contribution >= 0.6 is 15.9 Å². The first kappa shape index (κ1) is 10.9. The predicted octanol–water partition coefficient (Wildman–Crippen LogP) is 1.56. The van der Waals surface area contributed by atoms with Crippen molar-refractivity contribution in [1.29, 1.82) is 0 Å². The molecule has 0 saturated carbocycles. The fourth-order valence-corrected chi connectivity index (χ4v) is 2.30. The Kier molecular flexibility index (Phi) is 2.68. The highest BCUT2D eigenvalue weighted by Gasteiger charge is 2.17. The van der Waals surface area contributed by atoms with E-state index in [2.05, 4.69) is 26.1 Å². The first-order valence-electron chi connectivity index (χ1n) is 5.42. The zero-order valence-corrected chi connectivity index (χ0v) is 10.6. The molecule has 1 aliphatic rings. The number of furan rings is 1. The summed E-state index contributed by atoms with van der Waals surface area (Å²) < 4.78 is 11.5. The molecule has 1 fully saturated rings. The van der Waals surface area contributed by atoms with E-state index in [0.717, 1.165) is 26.2 Å². The van der Waals surface area contributed by atoms with Crippen LogP contribution < -0.4 is 15.6 Å². The second-order valence-electron chi connectivity index (χ2n) is 3.93. The number of nitrogens with zero attached hydrogens (tertiary/aromatic N) is 1. The third-order valence-corrected chi connectivity index (χ3v) is 3.36. The molecule has 0 amide bonds. The molecule has 3 rings (SSSR count). The molecule has 3 heterocycles. The van der Waals surface area contributed by atoms with Gasteiger partial charge in [-0.3, -0.25) is 4.79 Å². The van der Waals surface area contributed by atoms with Crippen LogP contribution in [0.5, 0.6) is 0 Å². The van der Waals surface area contributed by atoms with E-state index in [1.165, 1.54) is 12.3 Å². The lowest BCUT2D eigenvalue weighted by Gasteiger charge is -2.27. The van der Waals surface area contributed by atoms with Crippen LogP contribution in [0.2, 0.25) is 0 Å². The molecule has 1 aliphatic heterocycles. The third kappa shape index (κ3) is 1.87. The van der Waals surface area contributed by atoms with Gasteiger partial charge in [0, 0.05) is 26.2 Å². The van der Waals surface area contributed by atoms with E-state index in [-0.39, 0.29) is 11.0 Å². The van der Waals surface area contributed by atoms with Gasteiger partial charge in [0.05, 0.1) is 10.5 Å². The van der Waals surface area contributed by atoms with Crippen LogP contribution in [0.25, 0.3) is 11.2 Å². The molecule has 90 valence electrons. The molecule has 0 atom stereocenters. The zero-order chi connectivity index (χ0) is 11.8. The van der Waals surface area contributed by atoms with Crippen molar-refractivity contribution in [2.24, 2.45) is 0 Å². The molecule has 6 heteroatoms. The topological polar surface area (TPSA) is 58.6 Å². The van der Waals surface area contributed by atoms with Gasteiger partial charge < -0.3 is 19.1 Å². The van der Waals surface area contributed by atoms with Crippen LogP contribution in [0.15, 0.2) is 30.4 Å². The molecule has 0 radical (unpaired) electrons. The second kappa shape index (κ2) is 4.19. The van der Waals surface area contributed by atoms with Gasteiger partial charge in [0.2, 0.25) is 11.0 Å². The van der Waals surface area contributed by atoms with E-state index in [0.29, 0.717) is 15.9 Å². The van der Waals surface area contributed by atoms with E-state index >= 15 is 0 Å². The largest absolute Gasteiger partial charge is 0.456 e. The van der Waals surface area contributed by atoms with Gasteiger partial charge in [-0.15, -0.1) is 0 Å². The van der Waals surface area contributed by atoms with E-state index in [1.807, 2.05) is 0 Å². The Hall–Kier alpha value is -1.27. The summed E-state index contributed by atoms with van der Waals surface area (Å²) in [5, 5.41) is 3.25. The summed E-state index contributed by atoms with van der Waals surface area (Å²) in [7, 11) is 0. The van der Waals surface area contributed by atoms with Gasteiger partial charge in [0.15, 0.2) is 11.5 Å². The van der Waals surface area contributed by atoms with Gasteiger partial charge in [0.1, 0.15) is 6.26 Å². The van der Waals surface area contributed by atoms with Crippen LogP contribution in [0, 0.1) is 0 Å². The third-order valence-electron chi connectivity index (χ3n) is 2.82. The maximum Gasteiger partial charge on any atom is 0.230 e. The quantitative estimate of drug-likeness (QED) is 0.866. The minimum absolute atomic E-state index is 0.148. The molecule has 0 aromatic carbocycles. The number of anilines is 1. The van der Waals surface area contributed by atoms with Crippen molar-refractivity contribution < 1.29 is 8.83 Å². The Morgan fingerprint density at radius 3 is 2.82 bits per heavy atom. The standard InChI is InChI=1S/C11H11BrN2O3/c12-7-6-16-11-8(15)5-9(17-10(7)11)14-3-1-13-2-4-14/h5-6,13H,1-4H2. The minimum Gasteiger partial charge on any atom is -0.456 e. The van der Waals surface area contributed by atoms with Gasteiger partial charge in [-0.25, -0.2) is 0 Å². The SMILES string of the molecule is O=c1cc(N2CCNCC2)oc2c(Br)coc12. The highest BCUT2D eigenvalue weighted by atomic mass is 79.9. The molecule has 2 aromatic heterocycles. The first-order chi connectivity index (χ1) is 8.25. The fraction of sp³-hybridized carbons (Fsp3) is 0.364. The van der Waals surface area contributed by atoms with Gasteiger partial charge in [0.25, 0.3) is 0 Å². The maximum atomic E-state index is 11.8. The molecule has 0 aliphatic carbocycles. The molecular formula is C11H11BrN2O3. The molecule has 1 N–H and O–H groups in total. The van der Waals surface area contributed by atoms with Crippen molar-refractivity contribution >= 4 is 33.0 Å². The number of hydrogen-bond acceptors (Lipinski definition) is 5. The van der Waals surface area contributed by atoms with Gasteiger partial charge in [-0.2, -0.15) is 0 Å². The lowest BCUT2D eigenvalue weighted by atomic mass is 10.3. The number of nitrogens with one attached hydrogen (secondary N) is 1. The van der Waals surface area contributed by atoms with Crippen molar-refractivity contribution in [2.45, 2.75) is 0 Å². The van der Waals surface area contributed by atoms with Gasteiger partial charge in [-0.05, 0) is 15.9 Å². The first-order valence-corrected chi connectivity index (χ1v) is 6.21. The molecular weight excluding hydrogens is 288 g/mol. The normalized spacial score (nSPS) is 16.6. The summed E-state index contributed by atoms with van der Waals surface area (Å²) in [6.45, 7) is 3.47. The van der Waals surface area contributed by atoms with Crippen molar-refractivity contribution in [3.63, 3.8) is 0 Å². The van der Waals surface area contributed by atoms with Gasteiger partial charge >= 0.3 is 0 Å². The molecule has 5 nitrogen and oxygen atoms in total. The van der Waals surface area contributed by atoms with Crippen LogP contribution in [0.4, 0.5) is 5.88 Å². The molecule has 2 aromatic rings. The lowest BCUT2D eigenvalue weighted by molar-refractivity contribution is 0.517. The van der Waals surface area contributed by atoms with Crippen LogP contribution in [-0.4, -0.2) is 26.2 Å². The molecule has 0 spiro atoms. The average Bonchev–Trinajstić information content (AvgIpc) is 2.73. The van der Waals surface area contributed by atoms with Crippen molar-refractivity contribution in [1.82, 2.24) is 5.32 Å². The summed E-state index contributed by atoms with van der Waals surface area (Å²) in [6, 6.07) is 1.49. The Morgan fingerprint density at radius 1 is 1.29 bits per heavy atom. The lowest BCUT2D eigenvalue weighted by Crippen LogP contribution is -2.43. The zero-order valence-electron chi connectivity index (χ0n) is 9.03. The van der Waals surface area contributed by atoms with Crippen molar-refractivity contribution in [3.05, 3.63) is 27.0 Å². The number of rotatable bonds is 1. The smallest absolute Gasteiger partial charge is 0.230 e. The van der Waals surface area contributed by atoms with Crippen molar-refractivity contribution in [3.8, 4) is 0 Å². The van der Waals surface area contributed by atoms with E-state index in [1.54, 1.807) is 0 Å². The summed E-state index contributed by atoms with van der Waals surface area (Å²) >= 11 is 3.30. The number of fused-ring (bicyclic) bond motifs is 1. The van der Waals surface area contributed by atoms with Gasteiger partial charge in [-0.1, -0.05) is 0 Å². The highest BCUT2D eigenvalue weighted by Crippen LogP contribution is 2.27. The van der Waals surface area contributed by atoms with Crippen LogP contribution in [-0.2, 0) is 0 Å². The van der Waals surface area contributed by atoms with E-state index in [4.69, 9.17) is 8.83 Å². The highest BCUT2D eigenvalue weighted by molar-refractivity contribution is 9.10. The minimum atomic E-state index is -0.148. The molecule has 0 unspecified atom stereocenters. The Morgan fingerprint density at radius 2 is 2.06 bits per heavy atom. The average molecular weight is 299 g/mol. The Balaban J connectivity index is 2.10. The summed E-state index contributed by atoms with van der Waals surface area (Å²) in [4.78, 5) is 13.9. The van der Waals surface area contributed by atoms with Crippen LogP contribution in [0.1, 0.15) is 0 Å². The summed E-state index contributed by atoms with van der Waals surface area (Å²) in [5.74, 6) is 0.603. The monoisotopic (exact) mass is 298 g/mol. The number of halogens is 1. The van der Waals surface area contributed by atoms with E-state index in [9.17, 15) is 4.79 Å². The maximum absolute atomic E-state index is 11.8. The fourth-order valence-electron chi connectivity index (χ4n) is 1.94. The molecule has 0 bridgehead atoms. The second-order valence-corrected chi connectivity index (χ2v) is 4.78. The summed E-state index contributed by atoms with van der Waals surface area (Å²) in [5.41, 5.74) is 0.590. The van der Waals surface area contributed by atoms with Crippen molar-refractivity contribution in [2.75, 3.05) is 31.1 Å². The Labute approximate surface area is 106 Å². The molecule has 1 saturated heterocycles. The van der Waals surface area contributed by atoms with Crippen LogP contribution in [0.3, 0.4) is 0 Å². The summed E-state index contributed by atoms with van der Waals surface area (Å²) in [6.07, 6.45) is 1.47. The van der Waals surface area contributed by atoms with E-state index < -0.39 is 0 Å². The Bertz CT molecular complexity index is 598. The number of piperazine rings is 1.